The van der Waals surface area contributed by atoms with E-state index in [9.17, 15) is 18.0 Å². The number of hydrogen-bond donors (Lipinski definition) is 1. The van der Waals surface area contributed by atoms with Crippen LogP contribution in [-0.2, 0) is 32.6 Å². The largest absolute Gasteiger partial charge is 0.497 e. The van der Waals surface area contributed by atoms with Gasteiger partial charge in [0.2, 0.25) is 21.8 Å². The lowest BCUT2D eigenvalue weighted by Crippen LogP contribution is -2.53. The average Bonchev–Trinajstić information content (AvgIpc) is 2.93. The summed E-state index contributed by atoms with van der Waals surface area (Å²) in [5, 5.41) is 2.97. The predicted octanol–water partition coefficient (Wildman–Crippen LogP) is 4.64. The molecule has 0 aliphatic heterocycles. The van der Waals surface area contributed by atoms with E-state index in [-0.39, 0.29) is 24.8 Å². The molecule has 3 aromatic rings. The first-order valence-electron chi connectivity index (χ1n) is 12.9. The van der Waals surface area contributed by atoms with E-state index in [4.69, 9.17) is 4.74 Å². The number of carbonyl (C=O) groups excluding carboxylic acids is 2. The quantitative estimate of drug-likeness (QED) is 0.297. The Morgan fingerprint density at radius 2 is 1.62 bits per heavy atom. The van der Waals surface area contributed by atoms with Gasteiger partial charge in [0, 0.05) is 30.0 Å². The van der Waals surface area contributed by atoms with Crippen LogP contribution in [0.1, 0.15) is 25.0 Å². The Bertz CT molecular complexity index is 1380. The Labute approximate surface area is 245 Å². The van der Waals surface area contributed by atoms with E-state index in [0.29, 0.717) is 18.0 Å². The van der Waals surface area contributed by atoms with Gasteiger partial charge in [0.05, 0.1) is 19.1 Å². The lowest BCUT2D eigenvalue weighted by atomic mass is 10.0. The number of halogens is 1. The van der Waals surface area contributed by atoms with Crippen molar-refractivity contribution in [2.45, 2.75) is 32.9 Å². The number of methoxy groups -OCH3 is 1. The summed E-state index contributed by atoms with van der Waals surface area (Å²) in [6.07, 6.45) is 1.32. The van der Waals surface area contributed by atoms with Crippen LogP contribution in [0.3, 0.4) is 0 Å². The maximum Gasteiger partial charge on any atom is 0.244 e. The Hall–Kier alpha value is -3.37. The third kappa shape index (κ3) is 9.09. The SMILES string of the molecule is COc1cccc(N(CC(=O)N(Cc2ccc(Br)cc2)C(Cc2ccccc2)C(=O)NCC(C)C)S(C)(=O)=O)c1. The zero-order valence-electron chi connectivity index (χ0n) is 23.2. The van der Waals surface area contributed by atoms with Gasteiger partial charge in [-0.1, -0.05) is 78.3 Å². The summed E-state index contributed by atoms with van der Waals surface area (Å²) >= 11 is 3.43. The predicted molar refractivity (Wildman–Crippen MR) is 162 cm³/mol. The lowest BCUT2D eigenvalue weighted by molar-refractivity contribution is -0.140. The summed E-state index contributed by atoms with van der Waals surface area (Å²) in [6, 6.07) is 22.6. The van der Waals surface area contributed by atoms with Crippen LogP contribution in [0.5, 0.6) is 5.75 Å². The molecule has 8 nitrogen and oxygen atoms in total. The molecule has 0 heterocycles. The molecule has 3 aromatic carbocycles. The second-order valence-electron chi connectivity index (χ2n) is 9.96. The number of ether oxygens (including phenoxy) is 1. The van der Waals surface area contributed by atoms with Crippen LogP contribution in [0.2, 0.25) is 0 Å². The molecule has 1 N–H and O–H groups in total. The van der Waals surface area contributed by atoms with Gasteiger partial charge in [-0.05, 0) is 41.3 Å². The van der Waals surface area contributed by atoms with Crippen LogP contribution in [0.15, 0.2) is 83.3 Å². The van der Waals surface area contributed by atoms with Gasteiger partial charge in [0.25, 0.3) is 0 Å². The molecule has 0 saturated heterocycles. The number of rotatable bonds is 13. The zero-order chi connectivity index (χ0) is 29.3. The van der Waals surface area contributed by atoms with E-state index >= 15 is 0 Å². The normalized spacial score (nSPS) is 12.1. The van der Waals surface area contributed by atoms with Crippen LogP contribution in [0.4, 0.5) is 5.69 Å². The fourth-order valence-electron chi connectivity index (χ4n) is 4.14. The van der Waals surface area contributed by atoms with E-state index in [1.165, 1.54) is 12.0 Å². The van der Waals surface area contributed by atoms with Gasteiger partial charge in [-0.15, -0.1) is 0 Å². The first kappa shape index (κ1) is 31.2. The second-order valence-corrected chi connectivity index (χ2v) is 12.8. The average molecular weight is 631 g/mol. The monoisotopic (exact) mass is 629 g/mol. The molecule has 40 heavy (non-hydrogen) atoms. The van der Waals surface area contributed by atoms with Gasteiger partial charge in [0.1, 0.15) is 18.3 Å². The molecular weight excluding hydrogens is 594 g/mol. The van der Waals surface area contributed by atoms with Gasteiger partial charge >= 0.3 is 0 Å². The maximum atomic E-state index is 14.1. The Morgan fingerprint density at radius 1 is 0.950 bits per heavy atom. The molecule has 10 heteroatoms. The van der Waals surface area contributed by atoms with Gasteiger partial charge in [-0.25, -0.2) is 8.42 Å². The topological polar surface area (TPSA) is 96.0 Å². The molecule has 0 aromatic heterocycles. The van der Waals surface area contributed by atoms with E-state index < -0.39 is 28.5 Å². The Morgan fingerprint density at radius 3 is 2.23 bits per heavy atom. The molecule has 2 amide bonds. The lowest BCUT2D eigenvalue weighted by Gasteiger charge is -2.33. The van der Waals surface area contributed by atoms with Crippen molar-refractivity contribution in [3.05, 3.63) is 94.5 Å². The van der Waals surface area contributed by atoms with Crippen LogP contribution >= 0.6 is 15.9 Å². The third-order valence-electron chi connectivity index (χ3n) is 6.24. The van der Waals surface area contributed by atoms with E-state index in [1.54, 1.807) is 24.3 Å². The summed E-state index contributed by atoms with van der Waals surface area (Å²) in [5.74, 6) is -0.127. The van der Waals surface area contributed by atoms with Crippen LogP contribution in [0, 0.1) is 5.92 Å². The molecule has 0 radical (unpaired) electrons. The van der Waals surface area contributed by atoms with Crippen molar-refractivity contribution in [3.63, 3.8) is 0 Å². The molecule has 3 rings (SSSR count). The summed E-state index contributed by atoms with van der Waals surface area (Å²) in [5.41, 5.74) is 1.98. The minimum Gasteiger partial charge on any atom is -0.497 e. The van der Waals surface area contributed by atoms with Crippen molar-refractivity contribution in [1.82, 2.24) is 10.2 Å². The standard InChI is InChI=1S/C30H36BrN3O5S/c1-22(2)19-32-30(36)28(17-23-9-6-5-7-10-23)33(20-24-13-15-25(31)16-14-24)29(35)21-34(40(4,37)38)26-11-8-12-27(18-26)39-3/h5-16,18,22,28H,17,19-21H2,1-4H3,(H,32,36). The maximum absolute atomic E-state index is 14.1. The van der Waals surface area contributed by atoms with Crippen molar-refractivity contribution < 1.29 is 22.7 Å². The number of nitrogens with one attached hydrogen (secondary N) is 1. The summed E-state index contributed by atoms with van der Waals surface area (Å²) in [4.78, 5) is 29.2. The molecule has 0 spiro atoms. The molecule has 1 unspecified atom stereocenters. The molecular formula is C30H36BrN3O5S. The molecule has 0 fully saturated rings. The van der Waals surface area contributed by atoms with Gasteiger partial charge in [0.15, 0.2) is 0 Å². The smallest absolute Gasteiger partial charge is 0.244 e. The molecule has 0 aliphatic carbocycles. The van der Waals surface area contributed by atoms with E-state index in [0.717, 1.165) is 26.2 Å². The molecule has 1 atom stereocenters. The summed E-state index contributed by atoms with van der Waals surface area (Å²) < 4.78 is 33.0. The molecule has 214 valence electrons. The summed E-state index contributed by atoms with van der Waals surface area (Å²) in [6.45, 7) is 4.08. The first-order chi connectivity index (χ1) is 19.0. The highest BCUT2D eigenvalue weighted by molar-refractivity contribution is 9.10. The summed E-state index contributed by atoms with van der Waals surface area (Å²) in [7, 11) is -2.37. The van der Waals surface area contributed by atoms with E-state index in [2.05, 4.69) is 21.2 Å². The van der Waals surface area contributed by atoms with Crippen molar-refractivity contribution in [1.29, 1.82) is 0 Å². The highest BCUT2D eigenvalue weighted by atomic mass is 79.9. The highest BCUT2D eigenvalue weighted by Gasteiger charge is 2.33. The number of benzene rings is 3. The van der Waals surface area contributed by atoms with E-state index in [1.807, 2.05) is 68.4 Å². The Balaban J connectivity index is 2.04. The highest BCUT2D eigenvalue weighted by Crippen LogP contribution is 2.24. The molecule has 0 aliphatic rings. The third-order valence-corrected chi connectivity index (χ3v) is 7.91. The molecule has 0 bridgehead atoms. The Kier molecular flexibility index (Phi) is 11.2. The number of hydrogen-bond acceptors (Lipinski definition) is 5. The van der Waals surface area contributed by atoms with Crippen LogP contribution < -0.4 is 14.4 Å². The van der Waals surface area contributed by atoms with Gasteiger partial charge in [-0.2, -0.15) is 0 Å². The first-order valence-corrected chi connectivity index (χ1v) is 15.6. The number of amides is 2. The number of sulfonamides is 1. The van der Waals surface area contributed by atoms with Crippen LogP contribution in [0.25, 0.3) is 0 Å². The fraction of sp³-hybridized carbons (Fsp3) is 0.333. The van der Waals surface area contributed by atoms with Crippen molar-refractivity contribution >= 4 is 43.5 Å². The van der Waals surface area contributed by atoms with Gasteiger partial charge in [-0.3, -0.25) is 13.9 Å². The van der Waals surface area contributed by atoms with Crippen molar-refractivity contribution in [2.75, 3.05) is 30.8 Å². The number of anilines is 1. The number of carbonyl (C=O) groups is 2. The van der Waals surface area contributed by atoms with Crippen molar-refractivity contribution in [2.24, 2.45) is 5.92 Å². The van der Waals surface area contributed by atoms with Crippen LogP contribution in [-0.4, -0.2) is 57.6 Å². The fourth-order valence-corrected chi connectivity index (χ4v) is 5.25. The minimum absolute atomic E-state index is 0.119. The zero-order valence-corrected chi connectivity index (χ0v) is 25.6. The number of nitrogens with zero attached hydrogens (tertiary/aromatic N) is 2. The van der Waals surface area contributed by atoms with Crippen molar-refractivity contribution in [3.8, 4) is 5.75 Å². The van der Waals surface area contributed by atoms with Gasteiger partial charge < -0.3 is 15.0 Å². The molecule has 0 saturated carbocycles. The minimum atomic E-state index is -3.85. The second kappa shape index (κ2) is 14.3.